The van der Waals surface area contributed by atoms with E-state index in [0.29, 0.717) is 0 Å². The molecule has 11 heteroatoms. The van der Waals surface area contributed by atoms with Crippen molar-refractivity contribution in [3.05, 3.63) is 65.1 Å². The number of rotatable bonds is 12. The Labute approximate surface area is 255 Å². The Morgan fingerprint density at radius 3 is 2.02 bits per heavy atom. The maximum Gasteiger partial charge on any atom is 0.273 e. The summed E-state index contributed by atoms with van der Waals surface area (Å²) in [4.78, 5) is 42.1. The van der Waals surface area contributed by atoms with Crippen molar-refractivity contribution >= 4 is 39.1 Å². The Hall–Kier alpha value is -3.02. The van der Waals surface area contributed by atoms with Crippen LogP contribution in [0.15, 0.2) is 63.7 Å². The summed E-state index contributed by atoms with van der Waals surface area (Å²) in [6, 6.07) is 10.7. The number of hydrogen-bond acceptors (Lipinski definition) is 7. The first-order valence-electron chi connectivity index (χ1n) is 13.9. The third-order valence-corrected chi connectivity index (χ3v) is 10.2. The molecule has 3 amide bonds. The summed E-state index contributed by atoms with van der Waals surface area (Å²) in [7, 11) is -0.645. The van der Waals surface area contributed by atoms with Crippen LogP contribution in [0.4, 0.5) is 0 Å². The highest BCUT2D eigenvalue weighted by molar-refractivity contribution is 7.92. The number of likely N-dealkylation sites (N-methyl/N-ethyl adjacent to an activating group) is 2. The van der Waals surface area contributed by atoms with Gasteiger partial charge in [0.2, 0.25) is 11.8 Å². The molecule has 2 rings (SSSR count). The molecular formula is C31H46N4O5S2. The van der Waals surface area contributed by atoms with Crippen LogP contribution in [0.3, 0.4) is 0 Å². The largest absolute Gasteiger partial charge is 0.342 e. The second-order valence-corrected chi connectivity index (χ2v) is 15.4. The average molecular weight is 619 g/mol. The highest BCUT2D eigenvalue weighted by Gasteiger charge is 2.41. The zero-order chi connectivity index (χ0) is 32.0. The number of hydrogen-bond donors (Lipinski definition) is 3. The van der Waals surface area contributed by atoms with Gasteiger partial charge < -0.3 is 15.5 Å². The fraction of sp³-hybridized carbons (Fsp3) is 0.516. The van der Waals surface area contributed by atoms with E-state index in [2.05, 4.69) is 15.4 Å². The van der Waals surface area contributed by atoms with Crippen molar-refractivity contribution < 1.29 is 22.8 Å². The lowest BCUT2D eigenvalue weighted by atomic mass is 9.76. The van der Waals surface area contributed by atoms with E-state index in [9.17, 15) is 22.8 Å². The molecule has 0 aliphatic heterocycles. The lowest BCUT2D eigenvalue weighted by Crippen LogP contribution is -2.61. The van der Waals surface area contributed by atoms with Crippen molar-refractivity contribution in [2.45, 2.75) is 83.1 Å². The molecule has 1 aromatic heterocycles. The zero-order valence-electron chi connectivity index (χ0n) is 26.3. The maximum atomic E-state index is 14.0. The van der Waals surface area contributed by atoms with Crippen LogP contribution in [0.1, 0.15) is 61.0 Å². The third kappa shape index (κ3) is 8.52. The van der Waals surface area contributed by atoms with Crippen molar-refractivity contribution in [1.29, 1.82) is 0 Å². The highest BCUT2D eigenvalue weighted by atomic mass is 32.2. The van der Waals surface area contributed by atoms with Crippen LogP contribution in [-0.2, 0) is 29.8 Å². The SMILES string of the molecule is CN[C@H](C(=O)N[C@H](C(=O)N(C)[C@H](C=C(C)C(=O)NS(=O)(=O)c1cccs1)C(C)C)C(C)(C)C)C(C)(C)c1ccccc1. The molecule has 3 atom stereocenters. The van der Waals surface area contributed by atoms with Crippen LogP contribution >= 0.6 is 11.3 Å². The number of amides is 3. The van der Waals surface area contributed by atoms with Crippen molar-refractivity contribution in [2.24, 2.45) is 11.3 Å². The van der Waals surface area contributed by atoms with E-state index in [1.54, 1.807) is 31.6 Å². The molecule has 0 unspecified atom stereocenters. The number of carbonyl (C=O) groups excluding carboxylic acids is 3. The summed E-state index contributed by atoms with van der Waals surface area (Å²) in [5, 5.41) is 7.76. The molecule has 0 fully saturated rings. The van der Waals surface area contributed by atoms with E-state index in [1.807, 2.05) is 78.8 Å². The fourth-order valence-corrected chi connectivity index (χ4v) is 6.84. The standard InChI is InChI=1S/C31H46N4O5S2/c1-20(2)23(19-21(3)27(36)34-42(39,40)24-17-14-18-41-24)35(10)29(38)26(30(4,5)6)33-28(37)25(32-9)31(7,8)22-15-12-11-13-16-22/h11-20,23,25-26,32H,1-10H3,(H,33,37)(H,34,36)/t23-,25-,26-/m1/s1. The van der Waals surface area contributed by atoms with Crippen molar-refractivity contribution in [3.8, 4) is 0 Å². The minimum Gasteiger partial charge on any atom is -0.342 e. The third-order valence-electron chi connectivity index (χ3n) is 7.43. The average Bonchev–Trinajstić information content (AvgIpc) is 3.45. The molecule has 9 nitrogen and oxygen atoms in total. The molecule has 1 heterocycles. The summed E-state index contributed by atoms with van der Waals surface area (Å²) < 4.78 is 27.2. The molecule has 1 aromatic carbocycles. The minimum absolute atomic E-state index is 0.0374. The smallest absolute Gasteiger partial charge is 0.273 e. The predicted octanol–water partition coefficient (Wildman–Crippen LogP) is 4.08. The Morgan fingerprint density at radius 2 is 1.55 bits per heavy atom. The van der Waals surface area contributed by atoms with Gasteiger partial charge >= 0.3 is 0 Å². The van der Waals surface area contributed by atoms with Crippen LogP contribution < -0.4 is 15.4 Å². The van der Waals surface area contributed by atoms with Gasteiger partial charge in [-0.1, -0.05) is 90.9 Å². The van der Waals surface area contributed by atoms with Gasteiger partial charge in [-0.25, -0.2) is 13.1 Å². The second-order valence-electron chi connectivity index (χ2n) is 12.5. The number of benzene rings is 1. The van der Waals surface area contributed by atoms with Crippen molar-refractivity contribution in [1.82, 2.24) is 20.3 Å². The van der Waals surface area contributed by atoms with E-state index in [-0.39, 0.29) is 27.5 Å². The minimum atomic E-state index is -4.00. The van der Waals surface area contributed by atoms with Crippen LogP contribution in [0, 0.1) is 11.3 Å². The number of sulfonamides is 1. The van der Waals surface area contributed by atoms with Crippen LogP contribution in [0.2, 0.25) is 0 Å². The van der Waals surface area contributed by atoms with E-state index in [4.69, 9.17) is 0 Å². The van der Waals surface area contributed by atoms with Gasteiger partial charge in [-0.15, -0.1) is 11.3 Å². The summed E-state index contributed by atoms with van der Waals surface area (Å²) >= 11 is 1.01. The lowest BCUT2D eigenvalue weighted by molar-refractivity contribution is -0.140. The lowest BCUT2D eigenvalue weighted by Gasteiger charge is -2.40. The Kier molecular flexibility index (Phi) is 11.7. The van der Waals surface area contributed by atoms with Gasteiger partial charge in [-0.05, 0) is 42.3 Å². The molecule has 0 aliphatic carbocycles. The Bertz CT molecular complexity index is 1360. The highest BCUT2D eigenvalue weighted by Crippen LogP contribution is 2.29. The molecule has 0 saturated carbocycles. The Morgan fingerprint density at radius 1 is 0.952 bits per heavy atom. The normalized spacial score (nSPS) is 15.1. The quantitative estimate of drug-likeness (QED) is 0.308. The van der Waals surface area contributed by atoms with Crippen molar-refractivity contribution in [3.63, 3.8) is 0 Å². The number of nitrogens with one attached hydrogen (secondary N) is 3. The molecular weight excluding hydrogens is 572 g/mol. The Balaban J connectivity index is 2.32. The monoisotopic (exact) mass is 618 g/mol. The summed E-state index contributed by atoms with van der Waals surface area (Å²) in [6.07, 6.45) is 1.60. The van der Waals surface area contributed by atoms with Gasteiger partial charge in [0.25, 0.3) is 15.9 Å². The predicted molar refractivity (Wildman–Crippen MR) is 169 cm³/mol. The van der Waals surface area contributed by atoms with E-state index < -0.39 is 44.9 Å². The first-order chi connectivity index (χ1) is 19.3. The van der Waals surface area contributed by atoms with Crippen molar-refractivity contribution in [2.75, 3.05) is 14.1 Å². The summed E-state index contributed by atoms with van der Waals surface area (Å²) in [5.74, 6) is -1.51. The number of thiophene rings is 1. The molecule has 0 radical (unpaired) electrons. The molecule has 2 aromatic rings. The van der Waals surface area contributed by atoms with Gasteiger partial charge in [0.15, 0.2) is 0 Å². The number of nitrogens with zero attached hydrogens (tertiary/aromatic N) is 1. The van der Waals surface area contributed by atoms with Gasteiger partial charge in [0.05, 0.1) is 12.1 Å². The zero-order valence-corrected chi connectivity index (χ0v) is 27.9. The molecule has 42 heavy (non-hydrogen) atoms. The molecule has 0 spiro atoms. The fourth-order valence-electron chi connectivity index (χ4n) is 4.83. The van der Waals surface area contributed by atoms with E-state index in [1.165, 1.54) is 17.9 Å². The van der Waals surface area contributed by atoms with Crippen LogP contribution in [0.5, 0.6) is 0 Å². The topological polar surface area (TPSA) is 125 Å². The van der Waals surface area contributed by atoms with Crippen LogP contribution in [-0.4, -0.2) is 63.3 Å². The van der Waals surface area contributed by atoms with Crippen LogP contribution in [0.25, 0.3) is 0 Å². The molecule has 0 aliphatic rings. The van der Waals surface area contributed by atoms with Gasteiger partial charge in [-0.3, -0.25) is 14.4 Å². The van der Waals surface area contributed by atoms with Gasteiger partial charge in [-0.2, -0.15) is 0 Å². The number of carbonyl (C=O) groups is 3. The van der Waals surface area contributed by atoms with E-state index >= 15 is 0 Å². The van der Waals surface area contributed by atoms with E-state index in [0.717, 1.165) is 16.9 Å². The molecule has 0 saturated heterocycles. The molecule has 232 valence electrons. The van der Waals surface area contributed by atoms with Gasteiger partial charge in [0.1, 0.15) is 10.3 Å². The second kappa shape index (κ2) is 14.0. The maximum absolute atomic E-state index is 14.0. The summed E-state index contributed by atoms with van der Waals surface area (Å²) in [5.41, 5.74) is -0.0724. The first-order valence-corrected chi connectivity index (χ1v) is 16.3. The van der Waals surface area contributed by atoms with Gasteiger partial charge in [0, 0.05) is 18.0 Å². The first kappa shape index (κ1) is 35.2. The molecule has 0 bridgehead atoms. The molecule has 3 N–H and O–H groups in total. The summed E-state index contributed by atoms with van der Waals surface area (Å²) in [6.45, 7) is 14.9.